The molecule has 0 aliphatic carbocycles. The van der Waals surface area contributed by atoms with Gasteiger partial charge in [-0.1, -0.05) is 29.3 Å². The summed E-state index contributed by atoms with van der Waals surface area (Å²) in [5.74, 6) is -0.251. The second kappa shape index (κ2) is 3.95. The predicted octanol–water partition coefficient (Wildman–Crippen LogP) is 2.37. The smallest absolute Gasteiger partial charge is 0.246 e. The van der Waals surface area contributed by atoms with Gasteiger partial charge in [0.15, 0.2) is 0 Å². The Balaban J connectivity index is 0.000000980. The van der Waals surface area contributed by atoms with Crippen LogP contribution >= 0.6 is 35.6 Å². The summed E-state index contributed by atoms with van der Waals surface area (Å²) in [6, 6.07) is 2.69. The minimum absolute atomic E-state index is 0. The quantitative estimate of drug-likeness (QED) is 0.746. The number of benzene rings is 1. The molecule has 0 bridgehead atoms. The van der Waals surface area contributed by atoms with Crippen molar-refractivity contribution >= 4 is 47.2 Å². The molecule has 6 heteroatoms. The highest BCUT2D eigenvalue weighted by molar-refractivity contribution is 6.44. The lowest BCUT2D eigenvalue weighted by atomic mass is 10.1. The average Bonchev–Trinajstić information content (AvgIpc) is 2.38. The van der Waals surface area contributed by atoms with Crippen molar-refractivity contribution in [2.24, 2.45) is 5.73 Å². The molecule has 0 radical (unpaired) electrons. The van der Waals surface area contributed by atoms with Gasteiger partial charge in [-0.05, 0) is 6.07 Å². The Kier molecular flexibility index (Phi) is 3.27. The van der Waals surface area contributed by atoms with Gasteiger partial charge in [0.25, 0.3) is 0 Å². The molecule has 3 N–H and O–H groups in total. The third kappa shape index (κ3) is 1.57. The second-order valence-electron chi connectivity index (χ2n) is 2.79. The van der Waals surface area contributed by atoms with Crippen molar-refractivity contribution in [1.29, 1.82) is 0 Å². The van der Waals surface area contributed by atoms with E-state index >= 15 is 0 Å². The Morgan fingerprint density at radius 1 is 1.36 bits per heavy atom. The largest absolute Gasteiger partial charge is 0.323 e. The van der Waals surface area contributed by atoms with E-state index in [0.717, 1.165) is 0 Å². The van der Waals surface area contributed by atoms with Crippen LogP contribution in [0.1, 0.15) is 11.6 Å². The molecule has 1 aliphatic rings. The van der Waals surface area contributed by atoms with Gasteiger partial charge in [0, 0.05) is 5.56 Å². The van der Waals surface area contributed by atoms with E-state index in [9.17, 15) is 4.79 Å². The van der Waals surface area contributed by atoms with Crippen molar-refractivity contribution in [3.63, 3.8) is 0 Å². The molecule has 1 aromatic rings. The maximum absolute atomic E-state index is 11.2. The molecule has 0 saturated heterocycles. The summed E-state index contributed by atoms with van der Waals surface area (Å²) in [7, 11) is 0. The van der Waals surface area contributed by atoms with Crippen molar-refractivity contribution < 1.29 is 4.79 Å². The second-order valence-corrected chi connectivity index (χ2v) is 3.58. The molecule has 76 valence electrons. The highest BCUT2D eigenvalue weighted by Crippen LogP contribution is 2.39. The molecule has 1 atom stereocenters. The van der Waals surface area contributed by atoms with E-state index in [1.165, 1.54) is 0 Å². The standard InChI is InChI=1S/C8H6Cl2N2O.ClH/c9-4-2-1-3-6(11)8(13)12-7(3)5(4)10;/h1-2,6H,11H2,(H,12,13);1H. The van der Waals surface area contributed by atoms with Gasteiger partial charge in [-0.25, -0.2) is 0 Å². The molecule has 2 rings (SSSR count). The monoisotopic (exact) mass is 252 g/mol. The van der Waals surface area contributed by atoms with Gasteiger partial charge < -0.3 is 11.1 Å². The first-order valence-corrected chi connectivity index (χ1v) is 4.41. The molecule has 1 heterocycles. The minimum Gasteiger partial charge on any atom is -0.323 e. The van der Waals surface area contributed by atoms with Crippen molar-refractivity contribution in [2.75, 3.05) is 5.32 Å². The fourth-order valence-electron chi connectivity index (χ4n) is 1.29. The van der Waals surface area contributed by atoms with E-state index in [2.05, 4.69) is 5.32 Å². The number of carbonyl (C=O) groups excluding carboxylic acids is 1. The van der Waals surface area contributed by atoms with Crippen molar-refractivity contribution in [3.05, 3.63) is 27.7 Å². The number of nitrogens with two attached hydrogens (primary N) is 1. The molecule has 1 aromatic carbocycles. The van der Waals surface area contributed by atoms with Gasteiger partial charge in [-0.15, -0.1) is 12.4 Å². The number of nitrogens with one attached hydrogen (secondary N) is 1. The fourth-order valence-corrected chi connectivity index (χ4v) is 1.67. The zero-order valence-electron chi connectivity index (χ0n) is 6.88. The van der Waals surface area contributed by atoms with Crippen molar-refractivity contribution in [3.8, 4) is 0 Å². The molecule has 1 unspecified atom stereocenters. The zero-order valence-corrected chi connectivity index (χ0v) is 9.21. The van der Waals surface area contributed by atoms with Crippen molar-refractivity contribution in [2.45, 2.75) is 6.04 Å². The number of carbonyl (C=O) groups is 1. The van der Waals surface area contributed by atoms with E-state index in [1.807, 2.05) is 0 Å². The van der Waals surface area contributed by atoms with E-state index in [1.54, 1.807) is 12.1 Å². The van der Waals surface area contributed by atoms with Crippen LogP contribution in [0.4, 0.5) is 5.69 Å². The summed E-state index contributed by atoms with van der Waals surface area (Å²) in [5.41, 5.74) is 6.82. The third-order valence-corrected chi connectivity index (χ3v) is 2.80. The van der Waals surface area contributed by atoms with Crippen LogP contribution < -0.4 is 11.1 Å². The number of anilines is 1. The molecule has 3 nitrogen and oxygen atoms in total. The highest BCUT2D eigenvalue weighted by atomic mass is 35.5. The SMILES string of the molecule is Cl.NC1C(=O)Nc2c1ccc(Cl)c2Cl. The number of amides is 1. The number of halogens is 3. The Hall–Kier alpha value is -0.480. The molecular formula is C8H7Cl3N2O. The Bertz CT molecular complexity index is 394. The molecule has 0 aromatic heterocycles. The lowest BCUT2D eigenvalue weighted by Gasteiger charge is -2.03. The first-order chi connectivity index (χ1) is 6.11. The number of hydrogen-bond donors (Lipinski definition) is 2. The lowest BCUT2D eigenvalue weighted by Crippen LogP contribution is -2.19. The van der Waals surface area contributed by atoms with Gasteiger partial charge in [-0.2, -0.15) is 0 Å². The van der Waals surface area contributed by atoms with Crippen LogP contribution in [0.25, 0.3) is 0 Å². The van der Waals surface area contributed by atoms with Crippen LogP contribution in [0.3, 0.4) is 0 Å². The van der Waals surface area contributed by atoms with Crippen LogP contribution in [0.2, 0.25) is 10.0 Å². The first kappa shape index (κ1) is 11.6. The van der Waals surface area contributed by atoms with E-state index in [0.29, 0.717) is 21.3 Å². The molecular weight excluding hydrogens is 246 g/mol. The molecule has 0 saturated carbocycles. The highest BCUT2D eigenvalue weighted by Gasteiger charge is 2.29. The maximum atomic E-state index is 11.2. The third-order valence-electron chi connectivity index (χ3n) is 1.99. The summed E-state index contributed by atoms with van der Waals surface area (Å²) >= 11 is 11.6. The van der Waals surface area contributed by atoms with Crippen molar-refractivity contribution in [1.82, 2.24) is 0 Å². The van der Waals surface area contributed by atoms with Gasteiger partial charge in [-0.3, -0.25) is 4.79 Å². The van der Waals surface area contributed by atoms with Gasteiger partial charge in [0.1, 0.15) is 6.04 Å². The fraction of sp³-hybridized carbons (Fsp3) is 0.125. The molecule has 1 amide bonds. The van der Waals surface area contributed by atoms with Gasteiger partial charge in [0.2, 0.25) is 5.91 Å². The number of rotatable bonds is 0. The molecule has 0 spiro atoms. The Morgan fingerprint density at radius 3 is 2.64 bits per heavy atom. The Morgan fingerprint density at radius 2 is 2.00 bits per heavy atom. The summed E-state index contributed by atoms with van der Waals surface area (Å²) in [6.45, 7) is 0. The molecule has 14 heavy (non-hydrogen) atoms. The van der Waals surface area contributed by atoms with E-state index in [4.69, 9.17) is 28.9 Å². The van der Waals surface area contributed by atoms with Crippen LogP contribution in [0.5, 0.6) is 0 Å². The summed E-state index contributed by atoms with van der Waals surface area (Å²) in [4.78, 5) is 11.2. The molecule has 1 aliphatic heterocycles. The van der Waals surface area contributed by atoms with Crippen LogP contribution in [0.15, 0.2) is 12.1 Å². The summed E-state index contributed by atoms with van der Waals surface area (Å²) < 4.78 is 0. The number of hydrogen-bond acceptors (Lipinski definition) is 2. The van der Waals surface area contributed by atoms with Crippen LogP contribution in [0, 0.1) is 0 Å². The minimum atomic E-state index is -0.634. The Labute approximate surface area is 97.0 Å². The van der Waals surface area contributed by atoms with Gasteiger partial charge in [0.05, 0.1) is 15.7 Å². The first-order valence-electron chi connectivity index (χ1n) is 3.65. The van der Waals surface area contributed by atoms with Gasteiger partial charge >= 0.3 is 0 Å². The van der Waals surface area contributed by atoms with Crippen LogP contribution in [-0.4, -0.2) is 5.91 Å². The lowest BCUT2D eigenvalue weighted by molar-refractivity contribution is -0.116. The zero-order chi connectivity index (χ0) is 9.59. The predicted molar refractivity (Wildman–Crippen MR) is 59.3 cm³/mol. The summed E-state index contributed by atoms with van der Waals surface area (Å²) in [5, 5.41) is 3.34. The van der Waals surface area contributed by atoms with E-state index in [-0.39, 0.29) is 18.3 Å². The topological polar surface area (TPSA) is 55.1 Å². The normalized spacial score (nSPS) is 18.5. The molecule has 0 fully saturated rings. The van der Waals surface area contributed by atoms with Crippen LogP contribution in [-0.2, 0) is 4.79 Å². The van der Waals surface area contributed by atoms with E-state index < -0.39 is 6.04 Å². The number of fused-ring (bicyclic) bond motifs is 1. The maximum Gasteiger partial charge on any atom is 0.246 e. The summed E-state index contributed by atoms with van der Waals surface area (Å²) in [6.07, 6.45) is 0. The average molecular weight is 254 g/mol.